The fraction of sp³-hybridized carbons (Fsp3) is 0.625. The van der Waals surface area contributed by atoms with E-state index in [1.807, 2.05) is 0 Å². The number of benzene rings is 1. The number of hydrogen-bond donors (Lipinski definition) is 1. The van der Waals surface area contributed by atoms with E-state index < -0.39 is 0 Å². The Hall–Kier alpha value is -1.22. The molecule has 106 valence electrons. The van der Waals surface area contributed by atoms with E-state index in [0.717, 1.165) is 26.2 Å². The summed E-state index contributed by atoms with van der Waals surface area (Å²) in [6.45, 7) is 8.45. The van der Waals surface area contributed by atoms with Crippen molar-refractivity contribution in [2.75, 3.05) is 43.6 Å². The highest BCUT2D eigenvalue weighted by Gasteiger charge is 2.13. The summed E-state index contributed by atoms with van der Waals surface area (Å²) in [6, 6.07) is 6.80. The van der Waals surface area contributed by atoms with Gasteiger partial charge in [-0.25, -0.2) is 0 Å². The lowest BCUT2D eigenvalue weighted by Crippen LogP contribution is -2.31. The van der Waals surface area contributed by atoms with Crippen molar-refractivity contribution in [3.63, 3.8) is 0 Å². The molecule has 0 bridgehead atoms. The van der Waals surface area contributed by atoms with Gasteiger partial charge in [0.2, 0.25) is 0 Å². The summed E-state index contributed by atoms with van der Waals surface area (Å²) < 4.78 is 5.23. The molecule has 0 saturated heterocycles. The number of hydrogen-bond acceptors (Lipinski definition) is 3. The first-order valence-corrected chi connectivity index (χ1v) is 7.31. The van der Waals surface area contributed by atoms with Crippen molar-refractivity contribution in [2.24, 2.45) is 5.92 Å². The molecule has 1 aliphatic rings. The van der Waals surface area contributed by atoms with Crippen molar-refractivity contribution in [1.29, 1.82) is 0 Å². The summed E-state index contributed by atoms with van der Waals surface area (Å²) in [4.78, 5) is 2.43. The molecule has 1 heterocycles. The van der Waals surface area contributed by atoms with Gasteiger partial charge in [0.25, 0.3) is 0 Å². The molecule has 0 radical (unpaired) electrons. The maximum atomic E-state index is 5.23. The maximum absolute atomic E-state index is 5.23. The van der Waals surface area contributed by atoms with Gasteiger partial charge in [-0.1, -0.05) is 13.8 Å². The van der Waals surface area contributed by atoms with Crippen LogP contribution in [-0.2, 0) is 11.2 Å². The van der Waals surface area contributed by atoms with Gasteiger partial charge >= 0.3 is 0 Å². The van der Waals surface area contributed by atoms with Crippen molar-refractivity contribution in [2.45, 2.75) is 26.7 Å². The van der Waals surface area contributed by atoms with Gasteiger partial charge in [-0.2, -0.15) is 0 Å². The number of anilines is 2. The Balaban J connectivity index is 2.15. The van der Waals surface area contributed by atoms with Crippen LogP contribution in [0.2, 0.25) is 0 Å². The minimum atomic E-state index is 0.658. The zero-order valence-corrected chi connectivity index (χ0v) is 12.4. The second-order valence-electron chi connectivity index (χ2n) is 5.70. The van der Waals surface area contributed by atoms with Gasteiger partial charge in [0.1, 0.15) is 0 Å². The van der Waals surface area contributed by atoms with Crippen LogP contribution in [0.4, 0.5) is 11.4 Å². The average Bonchev–Trinajstić information content (AvgIpc) is 2.42. The fourth-order valence-corrected chi connectivity index (χ4v) is 2.63. The van der Waals surface area contributed by atoms with E-state index in [-0.39, 0.29) is 0 Å². The third kappa shape index (κ3) is 3.87. The Kier molecular flexibility index (Phi) is 5.08. The highest BCUT2D eigenvalue weighted by atomic mass is 16.5. The molecule has 0 aliphatic carbocycles. The van der Waals surface area contributed by atoms with Gasteiger partial charge < -0.3 is 15.0 Å². The van der Waals surface area contributed by atoms with Crippen molar-refractivity contribution in [1.82, 2.24) is 0 Å². The quantitative estimate of drug-likeness (QED) is 0.852. The van der Waals surface area contributed by atoms with E-state index in [1.54, 1.807) is 7.11 Å². The highest BCUT2D eigenvalue weighted by molar-refractivity contribution is 5.61. The largest absolute Gasteiger partial charge is 0.385 e. The molecule has 0 fully saturated rings. The van der Waals surface area contributed by atoms with Crippen LogP contribution in [0.1, 0.15) is 25.8 Å². The van der Waals surface area contributed by atoms with E-state index in [1.165, 1.54) is 29.8 Å². The number of nitrogens with zero attached hydrogens (tertiary/aromatic N) is 1. The third-order valence-electron chi connectivity index (χ3n) is 3.54. The van der Waals surface area contributed by atoms with E-state index in [4.69, 9.17) is 4.74 Å². The lowest BCUT2D eigenvalue weighted by molar-refractivity contribution is 0.204. The van der Waals surface area contributed by atoms with Crippen LogP contribution in [0.5, 0.6) is 0 Å². The van der Waals surface area contributed by atoms with Crippen LogP contribution in [-0.4, -0.2) is 33.4 Å². The molecule has 1 aliphatic heterocycles. The van der Waals surface area contributed by atoms with E-state index >= 15 is 0 Å². The van der Waals surface area contributed by atoms with Crippen LogP contribution >= 0.6 is 0 Å². The van der Waals surface area contributed by atoms with Gasteiger partial charge in [0.15, 0.2) is 0 Å². The lowest BCUT2D eigenvalue weighted by Gasteiger charge is -2.28. The SMILES string of the molecule is COCCN(CC(C)C)c1ccc2c(c1)CCCN2. The van der Waals surface area contributed by atoms with Gasteiger partial charge in [0.05, 0.1) is 6.61 Å². The minimum absolute atomic E-state index is 0.658. The predicted molar refractivity (Wildman–Crippen MR) is 82.2 cm³/mol. The number of aryl methyl sites for hydroxylation is 1. The number of ether oxygens (including phenoxy) is 1. The van der Waals surface area contributed by atoms with Crippen molar-refractivity contribution < 1.29 is 4.74 Å². The number of rotatable bonds is 6. The van der Waals surface area contributed by atoms with Gasteiger partial charge in [-0.05, 0) is 42.5 Å². The molecule has 0 atom stereocenters. The van der Waals surface area contributed by atoms with Crippen LogP contribution in [0.25, 0.3) is 0 Å². The molecular formula is C16H26N2O. The van der Waals surface area contributed by atoms with E-state index in [0.29, 0.717) is 5.92 Å². The summed E-state index contributed by atoms with van der Waals surface area (Å²) in [6.07, 6.45) is 2.43. The molecule has 0 unspecified atom stereocenters. The molecular weight excluding hydrogens is 236 g/mol. The van der Waals surface area contributed by atoms with Crippen LogP contribution in [0.3, 0.4) is 0 Å². The lowest BCUT2D eigenvalue weighted by atomic mass is 10.0. The molecule has 1 N–H and O–H groups in total. The Morgan fingerprint density at radius 2 is 2.21 bits per heavy atom. The topological polar surface area (TPSA) is 24.5 Å². The van der Waals surface area contributed by atoms with Crippen LogP contribution in [0.15, 0.2) is 18.2 Å². The second-order valence-corrected chi connectivity index (χ2v) is 5.70. The Labute approximate surface area is 116 Å². The Morgan fingerprint density at radius 3 is 2.95 bits per heavy atom. The molecule has 0 amide bonds. The monoisotopic (exact) mass is 262 g/mol. The zero-order valence-electron chi connectivity index (χ0n) is 12.4. The van der Waals surface area contributed by atoms with Crippen molar-refractivity contribution in [3.8, 4) is 0 Å². The zero-order chi connectivity index (χ0) is 13.7. The van der Waals surface area contributed by atoms with E-state index in [9.17, 15) is 0 Å². The molecule has 19 heavy (non-hydrogen) atoms. The summed E-state index contributed by atoms with van der Waals surface area (Å²) >= 11 is 0. The average molecular weight is 262 g/mol. The van der Waals surface area contributed by atoms with Gasteiger partial charge in [-0.3, -0.25) is 0 Å². The molecule has 1 aromatic rings. The number of methoxy groups -OCH3 is 1. The smallest absolute Gasteiger partial charge is 0.0637 e. The standard InChI is InChI=1S/C16H26N2O/c1-13(2)12-18(9-10-19-3)15-6-7-16-14(11-15)5-4-8-17-16/h6-7,11,13,17H,4-5,8-10,12H2,1-3H3. The molecule has 0 aromatic heterocycles. The first kappa shape index (κ1) is 14.2. The third-order valence-corrected chi connectivity index (χ3v) is 3.54. The first-order chi connectivity index (χ1) is 9.20. The molecule has 0 saturated carbocycles. The number of fused-ring (bicyclic) bond motifs is 1. The molecule has 0 spiro atoms. The fourth-order valence-electron chi connectivity index (χ4n) is 2.63. The minimum Gasteiger partial charge on any atom is -0.385 e. The van der Waals surface area contributed by atoms with Crippen LogP contribution < -0.4 is 10.2 Å². The Bertz CT molecular complexity index is 404. The predicted octanol–water partition coefficient (Wildman–Crippen LogP) is 3.15. The highest BCUT2D eigenvalue weighted by Crippen LogP contribution is 2.27. The van der Waals surface area contributed by atoms with E-state index in [2.05, 4.69) is 42.3 Å². The van der Waals surface area contributed by atoms with Gasteiger partial charge in [0, 0.05) is 38.1 Å². The first-order valence-electron chi connectivity index (χ1n) is 7.31. The van der Waals surface area contributed by atoms with Gasteiger partial charge in [-0.15, -0.1) is 0 Å². The normalized spacial score (nSPS) is 14.1. The summed E-state index contributed by atoms with van der Waals surface area (Å²) in [5.41, 5.74) is 4.09. The molecule has 1 aromatic carbocycles. The summed E-state index contributed by atoms with van der Waals surface area (Å²) in [5.74, 6) is 0.658. The van der Waals surface area contributed by atoms with Crippen LogP contribution in [0, 0.1) is 5.92 Å². The second kappa shape index (κ2) is 6.80. The summed E-state index contributed by atoms with van der Waals surface area (Å²) in [7, 11) is 1.77. The van der Waals surface area contributed by atoms with Crippen molar-refractivity contribution in [3.05, 3.63) is 23.8 Å². The Morgan fingerprint density at radius 1 is 1.37 bits per heavy atom. The molecule has 3 nitrogen and oxygen atoms in total. The molecule has 3 heteroatoms. The van der Waals surface area contributed by atoms with Crippen molar-refractivity contribution >= 4 is 11.4 Å². The number of nitrogens with one attached hydrogen (secondary N) is 1. The maximum Gasteiger partial charge on any atom is 0.0637 e. The molecule has 2 rings (SSSR count). The summed E-state index contributed by atoms with van der Waals surface area (Å²) in [5, 5.41) is 3.47.